The van der Waals surface area contributed by atoms with Gasteiger partial charge in [-0.25, -0.2) is 0 Å². The number of para-hydroxylation sites is 2. The first kappa shape index (κ1) is 18.4. The van der Waals surface area contributed by atoms with Gasteiger partial charge in [0.25, 0.3) is 0 Å². The fourth-order valence-electron chi connectivity index (χ4n) is 4.03. The third-order valence-electron chi connectivity index (χ3n) is 5.50. The molecule has 0 aliphatic carbocycles. The largest absolute Gasteiger partial charge is 0.480 e. The summed E-state index contributed by atoms with van der Waals surface area (Å²) in [5.41, 5.74) is 1.79. The maximum Gasteiger partial charge on any atom is 0.234 e. The molecule has 5 rings (SSSR count). The van der Waals surface area contributed by atoms with E-state index in [1.807, 2.05) is 53.4 Å². The molecule has 0 spiro atoms. The monoisotopic (exact) mass is 403 g/mol. The first-order valence-corrected chi connectivity index (χ1v) is 9.92. The topological polar surface area (TPSA) is 73.8 Å². The van der Waals surface area contributed by atoms with Crippen molar-refractivity contribution in [3.63, 3.8) is 0 Å². The van der Waals surface area contributed by atoms with Crippen LogP contribution in [0.4, 0.5) is 0 Å². The molecule has 0 saturated carbocycles. The van der Waals surface area contributed by atoms with Crippen LogP contribution in [0.2, 0.25) is 0 Å². The molecular formula is C23H21N3O4. The van der Waals surface area contributed by atoms with Crippen LogP contribution < -0.4 is 14.2 Å². The Kier molecular flexibility index (Phi) is 4.71. The van der Waals surface area contributed by atoms with Gasteiger partial charge < -0.3 is 19.1 Å². The van der Waals surface area contributed by atoms with Gasteiger partial charge in [0.1, 0.15) is 17.6 Å². The number of fused-ring (bicyclic) bond motifs is 2. The fourth-order valence-corrected chi connectivity index (χ4v) is 4.03. The van der Waals surface area contributed by atoms with Crippen LogP contribution >= 0.6 is 0 Å². The number of nitrogens with zero attached hydrogens (tertiary/aromatic N) is 3. The lowest BCUT2D eigenvalue weighted by atomic mass is 9.87. The van der Waals surface area contributed by atoms with E-state index in [0.29, 0.717) is 24.8 Å². The predicted octanol–water partition coefficient (Wildman–Crippen LogP) is 3.40. The standard InChI is InChI=1S/C23H21N3O4/c1-28-20-10-11-21(25-24-20)29-15-12-13-26(14-15)23(27)22-16-6-2-4-8-18(16)30-19-9-5-3-7-17(19)22/h2-11,15,22H,12-14H2,1H3. The summed E-state index contributed by atoms with van der Waals surface area (Å²) in [5.74, 6) is 2.00. The van der Waals surface area contributed by atoms with E-state index in [4.69, 9.17) is 14.2 Å². The summed E-state index contributed by atoms with van der Waals surface area (Å²) >= 11 is 0. The van der Waals surface area contributed by atoms with Crippen molar-refractivity contribution in [1.82, 2.24) is 15.1 Å². The maximum atomic E-state index is 13.6. The Bertz CT molecular complexity index is 1020. The van der Waals surface area contributed by atoms with Crippen LogP contribution in [0.5, 0.6) is 23.3 Å². The number of aromatic nitrogens is 2. The summed E-state index contributed by atoms with van der Waals surface area (Å²) in [7, 11) is 1.54. The van der Waals surface area contributed by atoms with Crippen LogP contribution in [0.1, 0.15) is 23.5 Å². The van der Waals surface area contributed by atoms with Crippen molar-refractivity contribution in [3.8, 4) is 23.3 Å². The van der Waals surface area contributed by atoms with E-state index < -0.39 is 0 Å². The number of amides is 1. The molecule has 2 aliphatic rings. The molecule has 1 atom stereocenters. The maximum absolute atomic E-state index is 13.6. The third kappa shape index (κ3) is 3.32. The highest BCUT2D eigenvalue weighted by Gasteiger charge is 2.38. The lowest BCUT2D eigenvalue weighted by Gasteiger charge is -2.30. The average Bonchev–Trinajstić information content (AvgIpc) is 3.26. The summed E-state index contributed by atoms with van der Waals surface area (Å²) in [4.78, 5) is 15.4. The zero-order chi connectivity index (χ0) is 20.5. The highest BCUT2D eigenvalue weighted by Crippen LogP contribution is 2.44. The first-order valence-electron chi connectivity index (χ1n) is 9.92. The molecule has 30 heavy (non-hydrogen) atoms. The molecule has 1 amide bonds. The van der Waals surface area contributed by atoms with Gasteiger partial charge in [-0.1, -0.05) is 36.4 Å². The smallest absolute Gasteiger partial charge is 0.234 e. The Hall–Kier alpha value is -3.61. The number of hydrogen-bond donors (Lipinski definition) is 0. The van der Waals surface area contributed by atoms with Gasteiger partial charge >= 0.3 is 0 Å². The van der Waals surface area contributed by atoms with Crippen molar-refractivity contribution in [3.05, 3.63) is 71.8 Å². The van der Waals surface area contributed by atoms with Gasteiger partial charge in [0.05, 0.1) is 19.6 Å². The lowest BCUT2D eigenvalue weighted by molar-refractivity contribution is -0.131. The van der Waals surface area contributed by atoms with E-state index >= 15 is 0 Å². The zero-order valence-electron chi connectivity index (χ0n) is 16.5. The van der Waals surface area contributed by atoms with Gasteiger partial charge in [-0.3, -0.25) is 4.79 Å². The van der Waals surface area contributed by atoms with Gasteiger partial charge in [0.15, 0.2) is 0 Å². The minimum Gasteiger partial charge on any atom is -0.480 e. The second kappa shape index (κ2) is 7.67. The van der Waals surface area contributed by atoms with Gasteiger partial charge in [-0.2, -0.15) is 0 Å². The van der Waals surface area contributed by atoms with Crippen molar-refractivity contribution in [1.29, 1.82) is 0 Å². The molecule has 1 fully saturated rings. The molecule has 2 aromatic carbocycles. The molecule has 1 unspecified atom stereocenters. The van der Waals surface area contributed by atoms with Gasteiger partial charge in [-0.05, 0) is 12.1 Å². The van der Waals surface area contributed by atoms with E-state index in [1.54, 1.807) is 12.1 Å². The number of likely N-dealkylation sites (tertiary alicyclic amines) is 1. The highest BCUT2D eigenvalue weighted by atomic mass is 16.5. The van der Waals surface area contributed by atoms with Crippen LogP contribution in [0, 0.1) is 0 Å². The van der Waals surface area contributed by atoms with E-state index in [9.17, 15) is 4.79 Å². The summed E-state index contributed by atoms with van der Waals surface area (Å²) in [6.07, 6.45) is 0.619. The number of hydrogen-bond acceptors (Lipinski definition) is 6. The van der Waals surface area contributed by atoms with E-state index in [1.165, 1.54) is 7.11 Å². The van der Waals surface area contributed by atoms with Crippen LogP contribution in [-0.2, 0) is 4.79 Å². The fraction of sp³-hybridized carbons (Fsp3) is 0.261. The summed E-state index contributed by atoms with van der Waals surface area (Å²) in [5, 5.41) is 7.94. The Morgan fingerprint density at radius 3 is 2.23 bits per heavy atom. The van der Waals surface area contributed by atoms with Gasteiger partial charge in [0.2, 0.25) is 17.7 Å². The Morgan fingerprint density at radius 1 is 0.967 bits per heavy atom. The molecule has 0 bridgehead atoms. The van der Waals surface area contributed by atoms with Crippen molar-refractivity contribution in [2.75, 3.05) is 20.2 Å². The quantitative estimate of drug-likeness (QED) is 0.665. The zero-order valence-corrected chi connectivity index (χ0v) is 16.5. The van der Waals surface area contributed by atoms with E-state index in [-0.39, 0.29) is 17.9 Å². The average molecular weight is 403 g/mol. The normalized spacial score (nSPS) is 17.6. The molecule has 152 valence electrons. The van der Waals surface area contributed by atoms with Gasteiger partial charge in [0, 0.05) is 36.2 Å². The molecule has 7 heteroatoms. The van der Waals surface area contributed by atoms with Crippen molar-refractivity contribution < 1.29 is 19.0 Å². The highest BCUT2D eigenvalue weighted by molar-refractivity contribution is 5.90. The predicted molar refractivity (Wildman–Crippen MR) is 109 cm³/mol. The molecule has 2 aliphatic heterocycles. The Morgan fingerprint density at radius 2 is 1.60 bits per heavy atom. The number of methoxy groups -OCH3 is 1. The summed E-state index contributed by atoms with van der Waals surface area (Å²) in [6.45, 7) is 1.14. The number of carbonyl (C=O) groups is 1. The number of ether oxygens (including phenoxy) is 3. The van der Waals surface area contributed by atoms with Crippen molar-refractivity contribution in [2.45, 2.75) is 18.4 Å². The SMILES string of the molecule is COc1ccc(OC2CCN(C(=O)C3c4ccccc4Oc4ccccc43)C2)nn1. The Balaban J connectivity index is 1.35. The van der Waals surface area contributed by atoms with E-state index in [2.05, 4.69) is 10.2 Å². The van der Waals surface area contributed by atoms with Crippen LogP contribution in [0.15, 0.2) is 60.7 Å². The van der Waals surface area contributed by atoms with Crippen molar-refractivity contribution in [2.24, 2.45) is 0 Å². The molecular weight excluding hydrogens is 382 g/mol. The first-order chi connectivity index (χ1) is 14.7. The van der Waals surface area contributed by atoms with E-state index in [0.717, 1.165) is 29.0 Å². The summed E-state index contributed by atoms with van der Waals surface area (Å²) < 4.78 is 17.0. The molecule has 7 nitrogen and oxygen atoms in total. The number of rotatable bonds is 4. The second-order valence-electron chi connectivity index (χ2n) is 7.34. The summed E-state index contributed by atoms with van der Waals surface area (Å²) in [6, 6.07) is 18.9. The minimum absolute atomic E-state index is 0.0603. The van der Waals surface area contributed by atoms with Crippen molar-refractivity contribution >= 4 is 5.91 Å². The molecule has 0 radical (unpaired) electrons. The molecule has 1 saturated heterocycles. The molecule has 3 aromatic rings. The minimum atomic E-state index is -0.384. The second-order valence-corrected chi connectivity index (χ2v) is 7.34. The number of carbonyl (C=O) groups excluding carboxylic acids is 1. The Labute approximate surface area is 174 Å². The lowest BCUT2D eigenvalue weighted by Crippen LogP contribution is -2.36. The van der Waals surface area contributed by atoms with Gasteiger partial charge in [-0.15, -0.1) is 10.2 Å². The van der Waals surface area contributed by atoms with Crippen LogP contribution in [0.25, 0.3) is 0 Å². The molecule has 3 heterocycles. The third-order valence-corrected chi connectivity index (χ3v) is 5.50. The number of benzene rings is 2. The molecule has 0 N–H and O–H groups in total. The van der Waals surface area contributed by atoms with Crippen LogP contribution in [-0.4, -0.2) is 47.3 Å². The van der Waals surface area contributed by atoms with Crippen LogP contribution in [0.3, 0.4) is 0 Å². The molecule has 1 aromatic heterocycles.